The Morgan fingerprint density at radius 1 is 1.47 bits per heavy atom. The van der Waals surface area contributed by atoms with Crippen molar-refractivity contribution in [3.63, 3.8) is 0 Å². The lowest BCUT2D eigenvalue weighted by molar-refractivity contribution is -0.125. The van der Waals surface area contributed by atoms with Crippen molar-refractivity contribution in [3.8, 4) is 0 Å². The maximum atomic E-state index is 11.6. The van der Waals surface area contributed by atoms with Gasteiger partial charge in [-0.3, -0.25) is 4.79 Å². The maximum absolute atomic E-state index is 11.6. The van der Waals surface area contributed by atoms with Crippen molar-refractivity contribution < 1.29 is 9.53 Å². The predicted molar refractivity (Wildman–Crippen MR) is 58.8 cm³/mol. The summed E-state index contributed by atoms with van der Waals surface area (Å²) in [6.07, 6.45) is 0. The summed E-state index contributed by atoms with van der Waals surface area (Å²) < 4.78 is 5.06. The van der Waals surface area contributed by atoms with Gasteiger partial charge >= 0.3 is 0 Å². The van der Waals surface area contributed by atoms with E-state index in [1.807, 2.05) is 25.1 Å². The monoisotopic (exact) mass is 206 g/mol. The van der Waals surface area contributed by atoms with Crippen LogP contribution in [0.5, 0.6) is 0 Å². The summed E-state index contributed by atoms with van der Waals surface area (Å²) in [6.45, 7) is 3.29. The fourth-order valence-corrected chi connectivity index (χ4v) is 1.59. The van der Waals surface area contributed by atoms with Gasteiger partial charge in [0.15, 0.2) is 0 Å². The molecular formula is C11H14N2O2. The van der Waals surface area contributed by atoms with Gasteiger partial charge in [0.05, 0.1) is 6.61 Å². The average Bonchev–Trinajstić information content (AvgIpc) is 2.23. The summed E-state index contributed by atoms with van der Waals surface area (Å²) >= 11 is 0. The zero-order valence-electron chi connectivity index (χ0n) is 8.69. The summed E-state index contributed by atoms with van der Waals surface area (Å²) in [5.41, 5.74) is 8.40. The van der Waals surface area contributed by atoms with E-state index in [2.05, 4.69) is 0 Å². The van der Waals surface area contributed by atoms with E-state index in [9.17, 15) is 4.79 Å². The molecule has 1 heterocycles. The standard InChI is InChI=1S/C11H14N2O2/c1-8-2-3-9(6-10(8)12)13-4-5-15-7-11(13)14/h2-3,6H,4-5,7,12H2,1H3. The number of anilines is 2. The number of morpholine rings is 1. The predicted octanol–water partition coefficient (Wildman–Crippen LogP) is 0.940. The number of amides is 1. The molecule has 2 N–H and O–H groups in total. The Bertz CT molecular complexity index is 390. The van der Waals surface area contributed by atoms with E-state index >= 15 is 0 Å². The van der Waals surface area contributed by atoms with Crippen LogP contribution >= 0.6 is 0 Å². The first-order valence-corrected chi connectivity index (χ1v) is 4.93. The topological polar surface area (TPSA) is 55.6 Å². The van der Waals surface area contributed by atoms with Gasteiger partial charge in [-0.15, -0.1) is 0 Å². The number of rotatable bonds is 1. The van der Waals surface area contributed by atoms with Crippen molar-refractivity contribution in [1.29, 1.82) is 0 Å². The average molecular weight is 206 g/mol. The van der Waals surface area contributed by atoms with Crippen LogP contribution in [0.25, 0.3) is 0 Å². The third-order valence-electron chi connectivity index (χ3n) is 2.56. The Morgan fingerprint density at radius 2 is 2.27 bits per heavy atom. The summed E-state index contributed by atoms with van der Waals surface area (Å²) in [6, 6.07) is 5.67. The highest BCUT2D eigenvalue weighted by Gasteiger charge is 2.20. The van der Waals surface area contributed by atoms with Gasteiger partial charge in [0.25, 0.3) is 5.91 Å². The molecular weight excluding hydrogens is 192 g/mol. The van der Waals surface area contributed by atoms with Crippen molar-refractivity contribution in [2.24, 2.45) is 0 Å². The number of nitrogens with zero attached hydrogens (tertiary/aromatic N) is 1. The number of carbonyl (C=O) groups excluding carboxylic acids is 1. The molecule has 0 radical (unpaired) electrons. The number of nitrogen functional groups attached to an aromatic ring is 1. The molecule has 4 nitrogen and oxygen atoms in total. The molecule has 1 aliphatic heterocycles. The first kappa shape index (κ1) is 9.98. The van der Waals surface area contributed by atoms with E-state index in [0.29, 0.717) is 18.8 Å². The second-order valence-electron chi connectivity index (χ2n) is 3.64. The maximum Gasteiger partial charge on any atom is 0.253 e. The number of nitrogens with two attached hydrogens (primary N) is 1. The van der Waals surface area contributed by atoms with Gasteiger partial charge in [-0.25, -0.2) is 0 Å². The van der Waals surface area contributed by atoms with Crippen LogP contribution < -0.4 is 10.6 Å². The molecule has 1 aromatic rings. The Kier molecular flexibility index (Phi) is 2.60. The zero-order chi connectivity index (χ0) is 10.8. The normalized spacial score (nSPS) is 16.9. The van der Waals surface area contributed by atoms with E-state index in [1.54, 1.807) is 4.90 Å². The van der Waals surface area contributed by atoms with Crippen molar-refractivity contribution in [3.05, 3.63) is 23.8 Å². The summed E-state index contributed by atoms with van der Waals surface area (Å²) in [5.74, 6) is -0.00972. The van der Waals surface area contributed by atoms with Gasteiger partial charge < -0.3 is 15.4 Å². The molecule has 1 aliphatic rings. The fraction of sp³-hybridized carbons (Fsp3) is 0.364. The first-order chi connectivity index (χ1) is 7.18. The third kappa shape index (κ3) is 1.94. The number of ether oxygens (including phenoxy) is 1. The van der Waals surface area contributed by atoms with Crippen LogP contribution in [0, 0.1) is 6.92 Å². The fourth-order valence-electron chi connectivity index (χ4n) is 1.59. The van der Waals surface area contributed by atoms with Crippen LogP contribution in [-0.4, -0.2) is 25.7 Å². The van der Waals surface area contributed by atoms with Crippen molar-refractivity contribution in [1.82, 2.24) is 0 Å². The Hall–Kier alpha value is -1.55. The van der Waals surface area contributed by atoms with Crippen LogP contribution in [0.2, 0.25) is 0 Å². The van der Waals surface area contributed by atoms with Crippen LogP contribution in [-0.2, 0) is 9.53 Å². The molecule has 1 saturated heterocycles. The molecule has 0 saturated carbocycles. The minimum Gasteiger partial charge on any atom is -0.398 e. The number of hydrogen-bond donors (Lipinski definition) is 1. The molecule has 0 bridgehead atoms. The van der Waals surface area contributed by atoms with Gasteiger partial charge in [-0.05, 0) is 24.6 Å². The number of benzene rings is 1. The summed E-state index contributed by atoms with van der Waals surface area (Å²) in [7, 11) is 0. The van der Waals surface area contributed by atoms with E-state index in [-0.39, 0.29) is 12.5 Å². The van der Waals surface area contributed by atoms with Crippen LogP contribution in [0.1, 0.15) is 5.56 Å². The largest absolute Gasteiger partial charge is 0.398 e. The molecule has 2 rings (SSSR count). The third-order valence-corrected chi connectivity index (χ3v) is 2.56. The highest BCUT2D eigenvalue weighted by atomic mass is 16.5. The van der Waals surface area contributed by atoms with E-state index in [0.717, 1.165) is 11.3 Å². The van der Waals surface area contributed by atoms with E-state index in [4.69, 9.17) is 10.5 Å². The van der Waals surface area contributed by atoms with E-state index < -0.39 is 0 Å². The van der Waals surface area contributed by atoms with Gasteiger partial charge in [0.2, 0.25) is 0 Å². The molecule has 1 aromatic carbocycles. The Morgan fingerprint density at radius 3 is 2.93 bits per heavy atom. The smallest absolute Gasteiger partial charge is 0.253 e. The molecule has 0 aromatic heterocycles. The molecule has 1 amide bonds. The number of carbonyl (C=O) groups is 1. The molecule has 0 unspecified atom stereocenters. The Labute approximate surface area is 88.6 Å². The van der Waals surface area contributed by atoms with Gasteiger partial charge in [-0.2, -0.15) is 0 Å². The van der Waals surface area contributed by atoms with Crippen LogP contribution in [0.3, 0.4) is 0 Å². The van der Waals surface area contributed by atoms with Gasteiger partial charge in [0.1, 0.15) is 6.61 Å². The first-order valence-electron chi connectivity index (χ1n) is 4.93. The number of aryl methyl sites for hydroxylation is 1. The molecule has 1 fully saturated rings. The van der Waals surface area contributed by atoms with Crippen LogP contribution in [0.15, 0.2) is 18.2 Å². The van der Waals surface area contributed by atoms with Gasteiger partial charge in [0, 0.05) is 17.9 Å². The lowest BCUT2D eigenvalue weighted by Crippen LogP contribution is -2.41. The van der Waals surface area contributed by atoms with Crippen molar-refractivity contribution >= 4 is 17.3 Å². The van der Waals surface area contributed by atoms with Crippen molar-refractivity contribution in [2.75, 3.05) is 30.4 Å². The second-order valence-corrected chi connectivity index (χ2v) is 3.64. The highest BCUT2D eigenvalue weighted by Crippen LogP contribution is 2.21. The lowest BCUT2D eigenvalue weighted by Gasteiger charge is -2.27. The lowest BCUT2D eigenvalue weighted by atomic mass is 10.1. The SMILES string of the molecule is Cc1ccc(N2CCOCC2=O)cc1N. The minimum atomic E-state index is -0.00972. The molecule has 4 heteroatoms. The minimum absolute atomic E-state index is 0.00972. The van der Waals surface area contributed by atoms with Crippen LogP contribution in [0.4, 0.5) is 11.4 Å². The van der Waals surface area contributed by atoms with Gasteiger partial charge in [-0.1, -0.05) is 6.07 Å². The molecule has 0 aliphatic carbocycles. The molecule has 0 atom stereocenters. The zero-order valence-corrected chi connectivity index (χ0v) is 8.69. The Balaban J connectivity index is 2.28. The molecule has 80 valence electrons. The van der Waals surface area contributed by atoms with Crippen molar-refractivity contribution in [2.45, 2.75) is 6.92 Å². The summed E-state index contributed by atoms with van der Waals surface area (Å²) in [5, 5.41) is 0. The molecule has 0 spiro atoms. The highest BCUT2D eigenvalue weighted by molar-refractivity contribution is 5.95. The quantitative estimate of drug-likeness (QED) is 0.696. The summed E-state index contributed by atoms with van der Waals surface area (Å²) in [4.78, 5) is 13.3. The second kappa shape index (κ2) is 3.90. The molecule has 15 heavy (non-hydrogen) atoms. The van der Waals surface area contributed by atoms with E-state index in [1.165, 1.54) is 0 Å². The number of hydrogen-bond acceptors (Lipinski definition) is 3.